The van der Waals surface area contributed by atoms with Crippen LogP contribution in [0.15, 0.2) is 0 Å². The van der Waals surface area contributed by atoms with Gasteiger partial charge in [-0.05, 0) is 25.7 Å². The van der Waals surface area contributed by atoms with Gasteiger partial charge in [0.15, 0.2) is 11.7 Å². The Morgan fingerprint density at radius 2 is 1.74 bits per heavy atom. The standard InChI is InChI=1S/C10H11BO8/c12-5(13)9(1-2-9)6(14)17-11-18-7(15)10(3-4-10)8(16)19-11/h6,14H,1-4H2,(H,12,13). The van der Waals surface area contributed by atoms with Crippen LogP contribution in [0, 0.1) is 10.8 Å². The summed E-state index contributed by atoms with van der Waals surface area (Å²) in [5, 5.41) is 18.6. The van der Waals surface area contributed by atoms with E-state index in [4.69, 9.17) is 19.1 Å². The van der Waals surface area contributed by atoms with E-state index in [1.807, 2.05) is 0 Å². The topological polar surface area (TPSA) is 119 Å². The van der Waals surface area contributed by atoms with Crippen molar-refractivity contribution in [2.75, 3.05) is 0 Å². The average molecular weight is 270 g/mol. The lowest BCUT2D eigenvalue weighted by atomic mass is 10.0. The van der Waals surface area contributed by atoms with Gasteiger partial charge >= 0.3 is 25.2 Å². The fourth-order valence-corrected chi connectivity index (χ4v) is 2.03. The number of aliphatic hydroxyl groups excluding tert-OH is 1. The average Bonchev–Trinajstić information content (AvgIpc) is 3.21. The molecule has 1 spiro atoms. The highest BCUT2D eigenvalue weighted by Crippen LogP contribution is 2.51. The Balaban J connectivity index is 1.64. The zero-order chi connectivity index (χ0) is 13.8. The first kappa shape index (κ1) is 12.4. The molecule has 3 aliphatic rings. The molecule has 19 heavy (non-hydrogen) atoms. The minimum absolute atomic E-state index is 0.252. The van der Waals surface area contributed by atoms with Gasteiger partial charge in [-0.3, -0.25) is 14.4 Å². The van der Waals surface area contributed by atoms with Crippen molar-refractivity contribution in [3.05, 3.63) is 0 Å². The zero-order valence-electron chi connectivity index (χ0n) is 9.83. The van der Waals surface area contributed by atoms with E-state index in [2.05, 4.69) is 0 Å². The summed E-state index contributed by atoms with van der Waals surface area (Å²) in [4.78, 5) is 34.1. The molecule has 2 N–H and O–H groups in total. The Hall–Kier alpha value is -1.61. The van der Waals surface area contributed by atoms with Gasteiger partial charge < -0.3 is 24.2 Å². The van der Waals surface area contributed by atoms with Gasteiger partial charge in [0.25, 0.3) is 0 Å². The molecule has 0 aromatic carbocycles. The molecule has 1 unspecified atom stereocenters. The Bertz CT molecular complexity index is 446. The van der Waals surface area contributed by atoms with Crippen LogP contribution in [0.25, 0.3) is 0 Å². The predicted octanol–water partition coefficient (Wildman–Crippen LogP) is -0.949. The first-order chi connectivity index (χ1) is 8.91. The van der Waals surface area contributed by atoms with Crippen molar-refractivity contribution >= 4 is 25.2 Å². The van der Waals surface area contributed by atoms with Crippen molar-refractivity contribution in [1.82, 2.24) is 0 Å². The Morgan fingerprint density at radius 1 is 1.21 bits per heavy atom. The van der Waals surface area contributed by atoms with E-state index in [9.17, 15) is 19.5 Å². The maximum absolute atomic E-state index is 11.6. The maximum Gasteiger partial charge on any atom is 0.793 e. The molecule has 3 fully saturated rings. The first-order valence-electron chi connectivity index (χ1n) is 5.90. The van der Waals surface area contributed by atoms with Crippen LogP contribution in [0.2, 0.25) is 0 Å². The summed E-state index contributed by atoms with van der Waals surface area (Å²) in [6.07, 6.45) is -0.439. The van der Waals surface area contributed by atoms with Crippen LogP contribution in [-0.4, -0.2) is 41.7 Å². The number of carbonyl (C=O) groups is 3. The number of carboxylic acid groups (broad SMARTS) is 1. The summed E-state index contributed by atoms with van der Waals surface area (Å²) >= 11 is 0. The summed E-state index contributed by atoms with van der Waals surface area (Å²) in [6.45, 7) is 0. The van der Waals surface area contributed by atoms with Crippen LogP contribution in [0.1, 0.15) is 25.7 Å². The van der Waals surface area contributed by atoms with Gasteiger partial charge in [0.1, 0.15) is 5.41 Å². The molecule has 1 heterocycles. The van der Waals surface area contributed by atoms with E-state index in [-0.39, 0.29) is 12.8 Å². The second-order valence-corrected chi connectivity index (χ2v) is 5.13. The SMILES string of the molecule is O=C1OB(OC(O)C2(C(=O)O)CC2)OC(=O)C12CC2. The predicted molar refractivity (Wildman–Crippen MR) is 56.0 cm³/mol. The number of hydrogen-bond acceptors (Lipinski definition) is 7. The third-order valence-corrected chi connectivity index (χ3v) is 3.87. The lowest BCUT2D eigenvalue weighted by Crippen LogP contribution is -2.49. The van der Waals surface area contributed by atoms with Crippen molar-refractivity contribution in [2.45, 2.75) is 32.0 Å². The molecule has 102 valence electrons. The van der Waals surface area contributed by atoms with Gasteiger partial charge in [-0.2, -0.15) is 0 Å². The molecule has 0 bridgehead atoms. The molecule has 0 aromatic rings. The highest BCUT2D eigenvalue weighted by molar-refractivity contribution is 6.45. The van der Waals surface area contributed by atoms with E-state index in [1.165, 1.54) is 0 Å². The zero-order valence-corrected chi connectivity index (χ0v) is 9.83. The summed E-state index contributed by atoms with van der Waals surface area (Å²) in [5.74, 6) is -2.70. The lowest BCUT2D eigenvalue weighted by molar-refractivity contribution is -0.176. The van der Waals surface area contributed by atoms with Crippen LogP contribution in [0.4, 0.5) is 0 Å². The minimum Gasteiger partial charge on any atom is -0.481 e. The summed E-state index contributed by atoms with van der Waals surface area (Å²) < 4.78 is 14.3. The van der Waals surface area contributed by atoms with Crippen molar-refractivity contribution in [2.24, 2.45) is 10.8 Å². The molecule has 1 saturated heterocycles. The van der Waals surface area contributed by atoms with Gasteiger partial charge in [-0.25, -0.2) is 0 Å². The molecular weight excluding hydrogens is 259 g/mol. The number of hydrogen-bond donors (Lipinski definition) is 2. The lowest BCUT2D eigenvalue weighted by Gasteiger charge is -2.26. The van der Waals surface area contributed by atoms with Crippen LogP contribution < -0.4 is 0 Å². The fraction of sp³-hybridized carbons (Fsp3) is 0.700. The van der Waals surface area contributed by atoms with Crippen LogP contribution in [-0.2, 0) is 28.3 Å². The van der Waals surface area contributed by atoms with Gasteiger partial charge in [-0.1, -0.05) is 0 Å². The largest absolute Gasteiger partial charge is 0.793 e. The van der Waals surface area contributed by atoms with E-state index < -0.39 is 42.3 Å². The third-order valence-electron chi connectivity index (χ3n) is 3.87. The second kappa shape index (κ2) is 3.70. The van der Waals surface area contributed by atoms with Crippen LogP contribution in [0.5, 0.6) is 0 Å². The molecule has 8 nitrogen and oxygen atoms in total. The highest BCUT2D eigenvalue weighted by atomic mass is 16.8. The molecule has 9 heteroatoms. The van der Waals surface area contributed by atoms with Gasteiger partial charge in [0.05, 0.1) is 0 Å². The molecule has 0 aromatic heterocycles. The molecule has 1 atom stereocenters. The smallest absolute Gasteiger partial charge is 0.481 e. The summed E-state index contributed by atoms with van der Waals surface area (Å²) in [5.41, 5.74) is -2.59. The quantitative estimate of drug-likeness (QED) is 0.381. The van der Waals surface area contributed by atoms with Gasteiger partial charge in [0, 0.05) is 0 Å². The minimum atomic E-state index is -1.69. The molecule has 1 aliphatic heterocycles. The number of aliphatic hydroxyl groups is 1. The van der Waals surface area contributed by atoms with E-state index in [1.54, 1.807) is 0 Å². The third kappa shape index (κ3) is 1.72. The number of carbonyl (C=O) groups excluding carboxylic acids is 2. The fourth-order valence-electron chi connectivity index (χ4n) is 2.03. The van der Waals surface area contributed by atoms with Crippen molar-refractivity contribution in [3.63, 3.8) is 0 Å². The summed E-state index contributed by atoms with van der Waals surface area (Å²) in [6, 6.07) is 0. The molecule has 0 amide bonds. The Morgan fingerprint density at radius 3 is 2.11 bits per heavy atom. The normalized spacial score (nSPS) is 27.5. The van der Waals surface area contributed by atoms with Gasteiger partial charge in [0.2, 0.25) is 0 Å². The molecular formula is C10H11BO8. The Kier molecular flexibility index (Phi) is 2.42. The number of aliphatic carboxylic acids is 1. The van der Waals surface area contributed by atoms with E-state index in [0.717, 1.165) is 0 Å². The van der Waals surface area contributed by atoms with Crippen molar-refractivity contribution < 1.29 is 38.6 Å². The number of carboxylic acids is 1. The molecule has 3 rings (SSSR count). The van der Waals surface area contributed by atoms with Crippen LogP contribution in [0.3, 0.4) is 0 Å². The van der Waals surface area contributed by atoms with Gasteiger partial charge in [-0.15, -0.1) is 0 Å². The van der Waals surface area contributed by atoms with Crippen molar-refractivity contribution in [1.29, 1.82) is 0 Å². The Labute approximate surface area is 107 Å². The van der Waals surface area contributed by atoms with E-state index >= 15 is 0 Å². The number of rotatable bonds is 4. The first-order valence-corrected chi connectivity index (χ1v) is 5.90. The highest BCUT2D eigenvalue weighted by Gasteiger charge is 2.66. The van der Waals surface area contributed by atoms with E-state index in [0.29, 0.717) is 12.8 Å². The molecule has 0 radical (unpaired) electrons. The maximum atomic E-state index is 11.6. The monoisotopic (exact) mass is 270 g/mol. The van der Waals surface area contributed by atoms with Crippen LogP contribution >= 0.6 is 0 Å². The second-order valence-electron chi connectivity index (χ2n) is 5.13. The van der Waals surface area contributed by atoms with Crippen molar-refractivity contribution in [3.8, 4) is 0 Å². The molecule has 2 saturated carbocycles. The summed E-state index contributed by atoms with van der Waals surface area (Å²) in [7, 11) is -1.68. The molecule has 2 aliphatic carbocycles.